The Hall–Kier alpha value is 0.380. The summed E-state index contributed by atoms with van der Waals surface area (Å²) in [6.45, 7) is 46.1. The Morgan fingerprint density at radius 3 is 0.750 bits per heavy atom. The summed E-state index contributed by atoms with van der Waals surface area (Å²) in [7, 11) is 0. The first-order valence-corrected chi connectivity index (χ1v) is 20.7. The predicted molar refractivity (Wildman–Crippen MR) is 174 cm³/mol. The van der Waals surface area contributed by atoms with Gasteiger partial charge in [-0.25, -0.2) is 12.1 Å². The third-order valence-electron chi connectivity index (χ3n) is 6.74. The van der Waals surface area contributed by atoms with Gasteiger partial charge < -0.3 is 24.8 Å². The van der Waals surface area contributed by atoms with E-state index >= 15 is 0 Å². The zero-order valence-electron chi connectivity index (χ0n) is 30.1. The quantitative estimate of drug-likeness (QED) is 0.258. The van der Waals surface area contributed by atoms with Crippen LogP contribution < -0.4 is 24.8 Å². The number of hydrogen-bond acceptors (Lipinski definition) is 0. The standard InChI is InChI=1S/2C17H29.C2H6Si.2ClH.Zr/c2*1-15(2,3)12-10-13(16(4,5)6)14(11-12)17(7,8)9;1-3-2;;;/h2*10-11H,1-9H3;1-2H3;2*1H;/q2*-1;;;;+2/p-2. The summed E-state index contributed by atoms with van der Waals surface area (Å²) in [5, 5.41) is 0. The van der Waals surface area contributed by atoms with Gasteiger partial charge >= 0.3 is 41.9 Å². The molecule has 0 amide bonds. The first-order valence-electron chi connectivity index (χ1n) is 14.6. The molecule has 0 heterocycles. The molecule has 0 fully saturated rings. The number of rotatable bonds is 0. The molecule has 4 heteroatoms. The summed E-state index contributed by atoms with van der Waals surface area (Å²) in [6, 6.07) is 9.67. The predicted octanol–water partition coefficient (Wildman–Crippen LogP) is 5.39. The van der Waals surface area contributed by atoms with Gasteiger partial charge in [0.25, 0.3) is 0 Å². The minimum Gasteiger partial charge on any atom is -1.00 e. The summed E-state index contributed by atoms with van der Waals surface area (Å²) in [4.78, 5) is 0. The van der Waals surface area contributed by atoms with Crippen molar-refractivity contribution in [3.8, 4) is 0 Å². The zero-order valence-corrected chi connectivity index (χ0v) is 35.0. The van der Waals surface area contributed by atoms with Gasteiger partial charge in [0.05, 0.1) is 0 Å². The van der Waals surface area contributed by atoms with E-state index in [1.807, 2.05) is 0 Å². The Bertz CT molecular complexity index is 894. The normalized spacial score (nSPS) is 12.8. The van der Waals surface area contributed by atoms with Crippen molar-refractivity contribution >= 4 is 5.43 Å². The smallest absolute Gasteiger partial charge is 1.00 e. The van der Waals surface area contributed by atoms with Crippen LogP contribution >= 0.6 is 0 Å². The van der Waals surface area contributed by atoms with Crippen molar-refractivity contribution in [1.29, 1.82) is 0 Å². The summed E-state index contributed by atoms with van der Waals surface area (Å²) in [5.41, 5.74) is 10.6. The molecule has 0 saturated carbocycles. The molecule has 0 radical (unpaired) electrons. The van der Waals surface area contributed by atoms with E-state index in [4.69, 9.17) is 0 Å². The Kier molecular flexibility index (Phi) is 17.3. The fourth-order valence-corrected chi connectivity index (χ4v) is 4.36. The van der Waals surface area contributed by atoms with Crippen molar-refractivity contribution < 1.29 is 48.1 Å². The van der Waals surface area contributed by atoms with E-state index in [1.54, 1.807) is 23.3 Å². The van der Waals surface area contributed by atoms with Gasteiger partial charge in [-0.3, -0.25) is 0 Å². The molecule has 0 saturated heterocycles. The van der Waals surface area contributed by atoms with E-state index in [9.17, 15) is 0 Å². The molecule has 0 aliphatic rings. The van der Waals surface area contributed by atoms with Crippen molar-refractivity contribution in [2.45, 2.75) is 170 Å². The molecule has 40 heavy (non-hydrogen) atoms. The zero-order chi connectivity index (χ0) is 30.9. The van der Waals surface area contributed by atoms with Crippen molar-refractivity contribution in [3.05, 3.63) is 57.6 Å². The molecule has 2 rings (SSSR count). The summed E-state index contributed by atoms with van der Waals surface area (Å²) in [6.07, 6.45) is 0. The summed E-state index contributed by atoms with van der Waals surface area (Å²) >= 11 is 1.74. The van der Waals surface area contributed by atoms with Gasteiger partial charge in [-0.2, -0.15) is 45.5 Å². The molecule has 0 aliphatic carbocycles. The molecule has 2 aromatic carbocycles. The summed E-state index contributed by atoms with van der Waals surface area (Å²) in [5.74, 6) is 0. The van der Waals surface area contributed by atoms with Gasteiger partial charge in [-0.15, -0.1) is 0 Å². The van der Waals surface area contributed by atoms with E-state index in [-0.39, 0.29) is 62.7 Å². The van der Waals surface area contributed by atoms with Gasteiger partial charge in [0.15, 0.2) is 0 Å². The Morgan fingerprint density at radius 1 is 0.450 bits per heavy atom. The van der Waals surface area contributed by atoms with Crippen LogP contribution in [0.1, 0.15) is 158 Å². The molecule has 0 unspecified atom stereocenters. The van der Waals surface area contributed by atoms with Crippen LogP contribution in [-0.2, 0) is 55.8 Å². The Balaban J connectivity index is -0.000000578. The third-order valence-corrected chi connectivity index (χ3v) is 6.74. The van der Waals surface area contributed by atoms with Crippen LogP contribution in [0.5, 0.6) is 0 Å². The molecular formula is C36H64Cl2SiZr-2. The average molecular weight is 687 g/mol. The molecule has 0 bridgehead atoms. The van der Waals surface area contributed by atoms with E-state index in [2.05, 4.69) is 162 Å². The van der Waals surface area contributed by atoms with E-state index in [1.165, 1.54) is 33.4 Å². The van der Waals surface area contributed by atoms with Gasteiger partial charge in [0.1, 0.15) is 0 Å². The number of halogens is 2. The second-order valence-electron chi connectivity index (χ2n) is 17.6. The van der Waals surface area contributed by atoms with Crippen molar-refractivity contribution in [2.75, 3.05) is 0 Å². The largest absolute Gasteiger partial charge is 1.00 e. The molecule has 0 aliphatic heterocycles. The Morgan fingerprint density at radius 2 is 0.650 bits per heavy atom. The van der Waals surface area contributed by atoms with Crippen molar-refractivity contribution in [2.24, 2.45) is 0 Å². The average Bonchev–Trinajstić information content (AvgIpc) is 3.25. The second kappa shape index (κ2) is 15.4. The monoisotopic (exact) mass is 684 g/mol. The number of hydrogen-bond donors (Lipinski definition) is 0. The molecule has 0 nitrogen and oxygen atoms in total. The first-order chi connectivity index (χ1) is 16.4. The molecular weight excluding hydrogens is 623 g/mol. The topological polar surface area (TPSA) is 0 Å². The SMILES string of the molecule is CC(C)(C)c1cc(C(C)(C)C)c(C(C)(C)C)[cH-]1.CC(C)(C)c1cc(C(C)(C)C)c(C(C)(C)C)[cH-]1.C[Si](C)=[Zr+2].[Cl-].[Cl-]. The van der Waals surface area contributed by atoms with Crippen LogP contribution in [0.15, 0.2) is 24.3 Å². The minimum atomic E-state index is 0. The van der Waals surface area contributed by atoms with Gasteiger partial charge in [-0.1, -0.05) is 135 Å². The Labute approximate surface area is 279 Å². The van der Waals surface area contributed by atoms with Crippen LogP contribution in [-0.4, -0.2) is 5.43 Å². The molecule has 0 atom stereocenters. The van der Waals surface area contributed by atoms with Crippen molar-refractivity contribution in [3.63, 3.8) is 0 Å². The molecule has 232 valence electrons. The van der Waals surface area contributed by atoms with E-state index < -0.39 is 0 Å². The summed E-state index contributed by atoms with van der Waals surface area (Å²) < 4.78 is 0. The first kappa shape index (κ1) is 44.8. The van der Waals surface area contributed by atoms with Crippen molar-refractivity contribution in [1.82, 2.24) is 0 Å². The second-order valence-corrected chi connectivity index (χ2v) is 27.0. The molecule has 0 spiro atoms. The van der Waals surface area contributed by atoms with Crippen LogP contribution in [0.3, 0.4) is 0 Å². The molecule has 0 N–H and O–H groups in total. The van der Waals surface area contributed by atoms with Gasteiger partial charge in [0, 0.05) is 0 Å². The van der Waals surface area contributed by atoms with Gasteiger partial charge in [-0.05, 0) is 21.7 Å². The van der Waals surface area contributed by atoms with E-state index in [0.717, 1.165) is 0 Å². The van der Waals surface area contributed by atoms with E-state index in [0.29, 0.717) is 0 Å². The maximum Gasteiger partial charge on any atom is -1.00 e. The fraction of sp³-hybridized carbons (Fsp3) is 0.722. The maximum absolute atomic E-state index is 2.42. The fourth-order valence-electron chi connectivity index (χ4n) is 4.36. The van der Waals surface area contributed by atoms with Crippen LogP contribution in [0, 0.1) is 0 Å². The van der Waals surface area contributed by atoms with Crippen LogP contribution in [0.4, 0.5) is 0 Å². The third kappa shape index (κ3) is 14.7. The van der Waals surface area contributed by atoms with Gasteiger partial charge in [0.2, 0.25) is 0 Å². The van der Waals surface area contributed by atoms with Crippen LogP contribution in [0.2, 0.25) is 13.1 Å². The maximum atomic E-state index is 2.42. The minimum absolute atomic E-state index is 0. The van der Waals surface area contributed by atoms with Crippen LogP contribution in [0.25, 0.3) is 0 Å². The molecule has 0 aromatic heterocycles. The molecule has 2 aromatic rings.